The molecule has 2 atom stereocenters. The van der Waals surface area contributed by atoms with Crippen LogP contribution in [0, 0.1) is 5.92 Å². The predicted molar refractivity (Wildman–Crippen MR) is 77.5 cm³/mol. The van der Waals surface area contributed by atoms with Gasteiger partial charge in [0.15, 0.2) is 0 Å². The van der Waals surface area contributed by atoms with E-state index in [-0.39, 0.29) is 12.1 Å². The molecule has 0 aromatic rings. The lowest BCUT2D eigenvalue weighted by Crippen LogP contribution is -2.27. The van der Waals surface area contributed by atoms with Crippen LogP contribution in [0.1, 0.15) is 72.6 Å². The third-order valence-corrected chi connectivity index (χ3v) is 3.29. The molecule has 2 heteroatoms. The summed E-state index contributed by atoms with van der Waals surface area (Å²) in [5.74, 6) is 0.282. The number of hydrogen-bond donors (Lipinski definition) is 0. The van der Waals surface area contributed by atoms with Crippen LogP contribution in [0.3, 0.4) is 0 Å². The van der Waals surface area contributed by atoms with E-state index >= 15 is 0 Å². The summed E-state index contributed by atoms with van der Waals surface area (Å²) in [5, 5.41) is 0. The molecule has 0 saturated heterocycles. The summed E-state index contributed by atoms with van der Waals surface area (Å²) in [7, 11) is 0. The highest BCUT2D eigenvalue weighted by molar-refractivity contribution is 5.87. The van der Waals surface area contributed by atoms with Gasteiger partial charge in [-0.1, -0.05) is 53.0 Å². The van der Waals surface area contributed by atoms with E-state index in [0.717, 1.165) is 25.7 Å². The maximum absolute atomic E-state index is 11.7. The molecule has 0 aromatic heterocycles. The number of carbonyl (C=O) groups excluding carboxylic acids is 1. The van der Waals surface area contributed by atoms with Crippen molar-refractivity contribution in [3.63, 3.8) is 0 Å². The van der Waals surface area contributed by atoms with E-state index in [4.69, 9.17) is 4.74 Å². The minimum atomic E-state index is -0.231. The van der Waals surface area contributed by atoms with Crippen molar-refractivity contribution in [2.75, 3.05) is 0 Å². The number of esters is 1. The van der Waals surface area contributed by atoms with Gasteiger partial charge in [-0.25, -0.2) is 4.79 Å². The number of rotatable bonds is 10. The smallest absolute Gasteiger partial charge is 0.333 e. The molecule has 0 heterocycles. The van der Waals surface area contributed by atoms with Gasteiger partial charge in [0.05, 0.1) is 0 Å². The SMILES string of the molecule is C=C(C)C(=O)OC(CCC)C(CCC)CCCC. The summed E-state index contributed by atoms with van der Waals surface area (Å²) >= 11 is 0. The molecule has 18 heavy (non-hydrogen) atoms. The minimum Gasteiger partial charge on any atom is -0.459 e. The predicted octanol–water partition coefficient (Wildman–Crippen LogP) is 4.88. The Bertz CT molecular complexity index is 245. The first kappa shape index (κ1) is 17.2. The molecular weight excluding hydrogens is 224 g/mol. The van der Waals surface area contributed by atoms with Gasteiger partial charge in [-0.05, 0) is 32.1 Å². The van der Waals surface area contributed by atoms with Crippen molar-refractivity contribution in [1.29, 1.82) is 0 Å². The molecule has 0 bridgehead atoms. The molecule has 0 fully saturated rings. The Hall–Kier alpha value is -0.790. The fourth-order valence-corrected chi connectivity index (χ4v) is 2.27. The van der Waals surface area contributed by atoms with Crippen molar-refractivity contribution in [1.82, 2.24) is 0 Å². The van der Waals surface area contributed by atoms with Crippen LogP contribution in [-0.4, -0.2) is 12.1 Å². The average Bonchev–Trinajstić information content (AvgIpc) is 2.33. The maximum atomic E-state index is 11.7. The van der Waals surface area contributed by atoms with Gasteiger partial charge < -0.3 is 4.74 Å². The molecule has 0 amide bonds. The number of unbranched alkanes of at least 4 members (excludes halogenated alkanes) is 1. The van der Waals surface area contributed by atoms with Crippen molar-refractivity contribution >= 4 is 5.97 Å². The van der Waals surface area contributed by atoms with Crippen molar-refractivity contribution in [2.24, 2.45) is 5.92 Å². The average molecular weight is 254 g/mol. The molecule has 0 radical (unpaired) electrons. The molecule has 0 N–H and O–H groups in total. The molecule has 106 valence electrons. The van der Waals surface area contributed by atoms with Crippen LogP contribution in [0.15, 0.2) is 12.2 Å². The lowest BCUT2D eigenvalue weighted by Gasteiger charge is -2.27. The first-order valence-electron chi connectivity index (χ1n) is 7.43. The largest absolute Gasteiger partial charge is 0.459 e. The third-order valence-electron chi connectivity index (χ3n) is 3.29. The lowest BCUT2D eigenvalue weighted by atomic mass is 9.89. The summed E-state index contributed by atoms with van der Waals surface area (Å²) in [6.45, 7) is 11.9. The minimum absolute atomic E-state index is 0.0747. The summed E-state index contributed by atoms with van der Waals surface area (Å²) in [6, 6.07) is 0. The zero-order chi connectivity index (χ0) is 14.0. The summed E-state index contributed by atoms with van der Waals surface area (Å²) in [5.41, 5.74) is 0.502. The second kappa shape index (κ2) is 10.2. The Morgan fingerprint density at radius 3 is 2.11 bits per heavy atom. The van der Waals surface area contributed by atoms with Crippen molar-refractivity contribution in [3.8, 4) is 0 Å². The zero-order valence-electron chi connectivity index (χ0n) is 12.6. The van der Waals surface area contributed by atoms with Crippen molar-refractivity contribution in [2.45, 2.75) is 78.7 Å². The highest BCUT2D eigenvalue weighted by Crippen LogP contribution is 2.25. The van der Waals surface area contributed by atoms with E-state index < -0.39 is 0 Å². The normalized spacial score (nSPS) is 14.0. The Kier molecular flexibility index (Phi) is 9.72. The van der Waals surface area contributed by atoms with E-state index in [1.54, 1.807) is 6.92 Å². The van der Waals surface area contributed by atoms with Crippen LogP contribution < -0.4 is 0 Å². The summed E-state index contributed by atoms with van der Waals surface area (Å²) in [6.07, 6.45) is 7.98. The lowest BCUT2D eigenvalue weighted by molar-refractivity contribution is -0.147. The van der Waals surface area contributed by atoms with Gasteiger partial charge in [-0.3, -0.25) is 0 Å². The quantitative estimate of drug-likeness (QED) is 0.410. The fraction of sp³-hybridized carbons (Fsp3) is 0.812. The Morgan fingerprint density at radius 2 is 1.67 bits per heavy atom. The van der Waals surface area contributed by atoms with Crippen LogP contribution in [0.25, 0.3) is 0 Å². The first-order chi connectivity index (χ1) is 8.56. The second-order valence-corrected chi connectivity index (χ2v) is 5.20. The van der Waals surface area contributed by atoms with Gasteiger partial charge in [0.1, 0.15) is 6.10 Å². The van der Waals surface area contributed by atoms with Gasteiger partial charge >= 0.3 is 5.97 Å². The van der Waals surface area contributed by atoms with E-state index in [2.05, 4.69) is 27.4 Å². The van der Waals surface area contributed by atoms with E-state index in [1.165, 1.54) is 19.3 Å². The van der Waals surface area contributed by atoms with Gasteiger partial charge in [0.25, 0.3) is 0 Å². The second-order valence-electron chi connectivity index (χ2n) is 5.20. The van der Waals surface area contributed by atoms with Gasteiger partial charge in [0.2, 0.25) is 0 Å². The Labute approximate surface area is 113 Å². The number of ether oxygens (including phenoxy) is 1. The van der Waals surface area contributed by atoms with Gasteiger partial charge in [-0.15, -0.1) is 0 Å². The molecule has 0 aliphatic heterocycles. The zero-order valence-corrected chi connectivity index (χ0v) is 12.6. The first-order valence-corrected chi connectivity index (χ1v) is 7.43. The van der Waals surface area contributed by atoms with Crippen molar-refractivity contribution < 1.29 is 9.53 Å². The standard InChI is InChI=1S/C16H30O2/c1-6-9-12-14(10-7-2)15(11-8-3)18-16(17)13(4)5/h14-15H,4,6-12H2,1-3,5H3. The Morgan fingerprint density at radius 1 is 1.06 bits per heavy atom. The topological polar surface area (TPSA) is 26.3 Å². The summed E-state index contributed by atoms with van der Waals surface area (Å²) < 4.78 is 5.63. The summed E-state index contributed by atoms with van der Waals surface area (Å²) in [4.78, 5) is 11.7. The van der Waals surface area contributed by atoms with Crippen LogP contribution in [0.5, 0.6) is 0 Å². The van der Waals surface area contributed by atoms with E-state index in [1.807, 2.05) is 0 Å². The van der Waals surface area contributed by atoms with Crippen LogP contribution >= 0.6 is 0 Å². The molecule has 0 aliphatic rings. The van der Waals surface area contributed by atoms with E-state index in [0.29, 0.717) is 11.5 Å². The molecule has 0 aliphatic carbocycles. The van der Waals surface area contributed by atoms with Crippen LogP contribution in [-0.2, 0) is 9.53 Å². The molecular formula is C16H30O2. The highest BCUT2D eigenvalue weighted by Gasteiger charge is 2.23. The Balaban J connectivity index is 4.56. The number of hydrogen-bond acceptors (Lipinski definition) is 2. The molecule has 0 saturated carbocycles. The number of carbonyl (C=O) groups is 1. The van der Waals surface area contributed by atoms with Crippen LogP contribution in [0.4, 0.5) is 0 Å². The molecule has 0 rings (SSSR count). The highest BCUT2D eigenvalue weighted by atomic mass is 16.5. The molecule has 2 nitrogen and oxygen atoms in total. The molecule has 2 unspecified atom stereocenters. The maximum Gasteiger partial charge on any atom is 0.333 e. The molecule has 0 aromatic carbocycles. The van der Waals surface area contributed by atoms with Gasteiger partial charge in [-0.2, -0.15) is 0 Å². The fourth-order valence-electron chi connectivity index (χ4n) is 2.27. The molecule has 0 spiro atoms. The van der Waals surface area contributed by atoms with Gasteiger partial charge in [0, 0.05) is 5.57 Å². The van der Waals surface area contributed by atoms with Crippen LogP contribution in [0.2, 0.25) is 0 Å². The monoisotopic (exact) mass is 254 g/mol. The van der Waals surface area contributed by atoms with Crippen molar-refractivity contribution in [3.05, 3.63) is 12.2 Å². The van der Waals surface area contributed by atoms with E-state index in [9.17, 15) is 4.79 Å². The third kappa shape index (κ3) is 6.83.